The molecule has 1 unspecified atom stereocenters. The first-order valence-electron chi connectivity index (χ1n) is 4.53. The number of nitrogens with zero attached hydrogens (tertiary/aromatic N) is 1. The van der Waals surface area contributed by atoms with Gasteiger partial charge in [-0.1, -0.05) is 18.2 Å². The van der Waals surface area contributed by atoms with Gasteiger partial charge in [0, 0.05) is 18.3 Å². The van der Waals surface area contributed by atoms with Crippen molar-refractivity contribution < 1.29 is 0 Å². The molecule has 1 nitrogen and oxygen atoms in total. The molecular weight excluding hydrogens is 146 g/mol. The van der Waals surface area contributed by atoms with E-state index >= 15 is 0 Å². The highest BCUT2D eigenvalue weighted by molar-refractivity contribution is 5.63. The quantitative estimate of drug-likeness (QED) is 0.572. The Morgan fingerprint density at radius 3 is 2.17 bits per heavy atom. The number of aryl methyl sites for hydroxylation is 2. The van der Waals surface area contributed by atoms with Gasteiger partial charge in [-0.3, -0.25) is 0 Å². The molecule has 0 amide bonds. The number of para-hydroxylation sites is 1. The molecule has 1 heteroatoms. The highest BCUT2D eigenvalue weighted by Crippen LogP contribution is 2.33. The van der Waals surface area contributed by atoms with Crippen LogP contribution in [0.5, 0.6) is 0 Å². The van der Waals surface area contributed by atoms with Gasteiger partial charge in [-0.05, 0) is 31.9 Å². The highest BCUT2D eigenvalue weighted by Gasteiger charge is 2.30. The van der Waals surface area contributed by atoms with Crippen molar-refractivity contribution in [2.75, 3.05) is 11.4 Å². The molecular formula is C11H15N. The zero-order valence-corrected chi connectivity index (χ0v) is 7.96. The Kier molecular flexibility index (Phi) is 1.60. The van der Waals surface area contributed by atoms with Crippen molar-refractivity contribution in [3.05, 3.63) is 29.3 Å². The smallest absolute Gasteiger partial charge is 0.0438 e. The average Bonchev–Trinajstić information content (AvgIpc) is 2.67. The molecule has 1 aliphatic heterocycles. The predicted octanol–water partition coefficient (Wildman–Crippen LogP) is 2.51. The lowest BCUT2D eigenvalue weighted by Crippen LogP contribution is -1.99. The van der Waals surface area contributed by atoms with Gasteiger partial charge in [0.15, 0.2) is 0 Å². The van der Waals surface area contributed by atoms with E-state index in [1.807, 2.05) is 0 Å². The molecule has 0 aliphatic carbocycles. The van der Waals surface area contributed by atoms with Gasteiger partial charge < -0.3 is 4.90 Å². The molecule has 1 aromatic rings. The Morgan fingerprint density at radius 2 is 1.75 bits per heavy atom. The third-order valence-electron chi connectivity index (χ3n) is 2.59. The summed E-state index contributed by atoms with van der Waals surface area (Å²) in [6.45, 7) is 7.87. The molecule has 0 spiro atoms. The minimum atomic E-state index is 0.754. The minimum Gasteiger partial charge on any atom is -0.365 e. The van der Waals surface area contributed by atoms with Crippen molar-refractivity contribution in [3.63, 3.8) is 0 Å². The lowest BCUT2D eigenvalue weighted by atomic mass is 10.1. The number of hydrogen-bond donors (Lipinski definition) is 0. The number of hydrogen-bond acceptors (Lipinski definition) is 1. The van der Waals surface area contributed by atoms with E-state index in [2.05, 4.69) is 43.9 Å². The summed E-state index contributed by atoms with van der Waals surface area (Å²) in [6.07, 6.45) is 0. The third kappa shape index (κ3) is 1.09. The second-order valence-corrected chi connectivity index (χ2v) is 3.74. The Morgan fingerprint density at radius 1 is 1.25 bits per heavy atom. The zero-order valence-electron chi connectivity index (χ0n) is 7.96. The molecule has 2 rings (SSSR count). The lowest BCUT2D eigenvalue weighted by Gasteiger charge is -2.11. The third-order valence-corrected chi connectivity index (χ3v) is 2.59. The van der Waals surface area contributed by atoms with Crippen LogP contribution in [0.1, 0.15) is 18.1 Å². The average molecular weight is 161 g/mol. The van der Waals surface area contributed by atoms with Crippen molar-refractivity contribution in [2.24, 2.45) is 0 Å². The molecule has 1 heterocycles. The molecule has 1 aliphatic rings. The van der Waals surface area contributed by atoms with Crippen LogP contribution in [0.2, 0.25) is 0 Å². The summed E-state index contributed by atoms with van der Waals surface area (Å²) >= 11 is 0. The molecule has 0 aromatic heterocycles. The normalized spacial score (nSPS) is 21.2. The first-order chi connectivity index (χ1) is 5.70. The van der Waals surface area contributed by atoms with Gasteiger partial charge in [0.25, 0.3) is 0 Å². The second-order valence-electron chi connectivity index (χ2n) is 3.74. The van der Waals surface area contributed by atoms with Crippen LogP contribution in [-0.4, -0.2) is 12.6 Å². The molecule has 1 fully saturated rings. The van der Waals surface area contributed by atoms with Gasteiger partial charge in [-0.25, -0.2) is 0 Å². The fraction of sp³-hybridized carbons (Fsp3) is 0.455. The monoisotopic (exact) mass is 161 g/mol. The molecule has 64 valence electrons. The van der Waals surface area contributed by atoms with Gasteiger partial charge in [0.05, 0.1) is 0 Å². The minimum absolute atomic E-state index is 0.754. The molecule has 1 aromatic carbocycles. The molecule has 0 saturated carbocycles. The summed E-state index contributed by atoms with van der Waals surface area (Å²) in [7, 11) is 0. The van der Waals surface area contributed by atoms with Crippen LogP contribution >= 0.6 is 0 Å². The van der Waals surface area contributed by atoms with E-state index in [-0.39, 0.29) is 0 Å². The Hall–Kier alpha value is -0.980. The maximum atomic E-state index is 2.45. The summed E-state index contributed by atoms with van der Waals surface area (Å²) in [5.41, 5.74) is 4.25. The Bertz CT molecular complexity index is 284. The maximum Gasteiger partial charge on any atom is 0.0438 e. The molecule has 0 N–H and O–H groups in total. The highest BCUT2D eigenvalue weighted by atomic mass is 15.3. The van der Waals surface area contributed by atoms with Gasteiger partial charge in [-0.2, -0.15) is 0 Å². The van der Waals surface area contributed by atoms with Crippen molar-refractivity contribution in [1.82, 2.24) is 0 Å². The van der Waals surface area contributed by atoms with E-state index in [0.717, 1.165) is 6.04 Å². The number of anilines is 1. The first-order valence-corrected chi connectivity index (χ1v) is 4.53. The van der Waals surface area contributed by atoms with Crippen LogP contribution in [0.25, 0.3) is 0 Å². The standard InChI is InChI=1S/C11H15N/c1-8-5-4-6-9(2)11(8)12-7-10(12)3/h4-6,10H,7H2,1-3H3. The van der Waals surface area contributed by atoms with Crippen LogP contribution in [0, 0.1) is 13.8 Å². The van der Waals surface area contributed by atoms with Crippen molar-refractivity contribution >= 4 is 5.69 Å². The maximum absolute atomic E-state index is 2.45. The van der Waals surface area contributed by atoms with Crippen LogP contribution in [-0.2, 0) is 0 Å². The zero-order chi connectivity index (χ0) is 8.72. The summed E-state index contributed by atoms with van der Waals surface area (Å²) in [5, 5.41) is 0. The molecule has 0 bridgehead atoms. The molecule has 0 radical (unpaired) electrons. The van der Waals surface area contributed by atoms with E-state index < -0.39 is 0 Å². The lowest BCUT2D eigenvalue weighted by molar-refractivity contribution is 1.12. The van der Waals surface area contributed by atoms with Crippen molar-refractivity contribution in [1.29, 1.82) is 0 Å². The van der Waals surface area contributed by atoms with Gasteiger partial charge in [-0.15, -0.1) is 0 Å². The molecule has 12 heavy (non-hydrogen) atoms. The fourth-order valence-corrected chi connectivity index (χ4v) is 1.81. The van der Waals surface area contributed by atoms with E-state index in [4.69, 9.17) is 0 Å². The number of rotatable bonds is 1. The SMILES string of the molecule is Cc1cccc(C)c1N1CC1C. The largest absolute Gasteiger partial charge is 0.365 e. The fourth-order valence-electron chi connectivity index (χ4n) is 1.81. The summed E-state index contributed by atoms with van der Waals surface area (Å²) in [4.78, 5) is 2.45. The Labute approximate surface area is 74.0 Å². The predicted molar refractivity (Wildman–Crippen MR) is 52.7 cm³/mol. The summed E-state index contributed by atoms with van der Waals surface area (Å²) in [5.74, 6) is 0. The van der Waals surface area contributed by atoms with Crippen LogP contribution in [0.4, 0.5) is 5.69 Å². The Balaban J connectivity index is 2.41. The van der Waals surface area contributed by atoms with E-state index in [1.54, 1.807) is 0 Å². The first kappa shape index (κ1) is 7.66. The molecule has 1 saturated heterocycles. The van der Waals surface area contributed by atoms with Crippen molar-refractivity contribution in [3.8, 4) is 0 Å². The van der Waals surface area contributed by atoms with Crippen LogP contribution in [0.3, 0.4) is 0 Å². The topological polar surface area (TPSA) is 3.01 Å². The van der Waals surface area contributed by atoms with E-state index in [1.165, 1.54) is 23.4 Å². The van der Waals surface area contributed by atoms with E-state index in [9.17, 15) is 0 Å². The van der Waals surface area contributed by atoms with E-state index in [0.29, 0.717) is 0 Å². The van der Waals surface area contributed by atoms with Crippen molar-refractivity contribution in [2.45, 2.75) is 26.8 Å². The van der Waals surface area contributed by atoms with Gasteiger partial charge in [0.2, 0.25) is 0 Å². The summed E-state index contributed by atoms with van der Waals surface area (Å²) < 4.78 is 0. The second kappa shape index (κ2) is 2.51. The summed E-state index contributed by atoms with van der Waals surface area (Å²) in [6, 6.07) is 7.26. The number of benzene rings is 1. The van der Waals surface area contributed by atoms with Gasteiger partial charge >= 0.3 is 0 Å². The molecule has 1 atom stereocenters. The van der Waals surface area contributed by atoms with Crippen LogP contribution in [0.15, 0.2) is 18.2 Å². The van der Waals surface area contributed by atoms with Crippen LogP contribution < -0.4 is 4.90 Å². The van der Waals surface area contributed by atoms with Gasteiger partial charge in [0.1, 0.15) is 0 Å².